The number of carbonyl (C=O) groups excluding carboxylic acids is 2. The number of rotatable bonds is 4. The van der Waals surface area contributed by atoms with Crippen LogP contribution in [-0.2, 0) is 11.8 Å². The normalized spacial score (nSPS) is 10.2. The fourth-order valence-electron chi connectivity index (χ4n) is 1.66. The highest BCUT2D eigenvalue weighted by Crippen LogP contribution is 2.07. The van der Waals surface area contributed by atoms with Crippen molar-refractivity contribution >= 4 is 17.5 Å². The summed E-state index contributed by atoms with van der Waals surface area (Å²) in [7, 11) is 1.73. The highest BCUT2D eigenvalue weighted by atomic mass is 19.1. The molecule has 1 heterocycles. The molecule has 0 aliphatic carbocycles. The minimum atomic E-state index is -0.423. The predicted molar refractivity (Wildman–Crippen MR) is 75.3 cm³/mol. The van der Waals surface area contributed by atoms with Crippen LogP contribution >= 0.6 is 0 Å². The van der Waals surface area contributed by atoms with Crippen LogP contribution in [0.5, 0.6) is 0 Å². The number of aryl methyl sites for hydroxylation is 2. The Balaban J connectivity index is 1.86. The fourth-order valence-corrected chi connectivity index (χ4v) is 1.66. The number of nitrogens with one attached hydrogen (secondary N) is 2. The summed E-state index contributed by atoms with van der Waals surface area (Å²) in [4.78, 5) is 23.5. The van der Waals surface area contributed by atoms with Crippen molar-refractivity contribution in [3.63, 3.8) is 0 Å². The number of hydrogen-bond donors (Lipinski definition) is 2. The fraction of sp³-hybridized carbons (Fsp3) is 0.214. The van der Waals surface area contributed by atoms with Gasteiger partial charge < -0.3 is 10.6 Å². The van der Waals surface area contributed by atoms with Crippen molar-refractivity contribution in [3.8, 4) is 0 Å². The summed E-state index contributed by atoms with van der Waals surface area (Å²) in [5.41, 5.74) is 1.56. The predicted octanol–water partition coefficient (Wildman–Crippen LogP) is 1.24. The number of hydrogen-bond acceptors (Lipinski definition) is 3. The maximum atomic E-state index is 12.7. The van der Waals surface area contributed by atoms with E-state index in [1.807, 2.05) is 6.92 Å². The monoisotopic (exact) mass is 290 g/mol. The molecule has 1 aromatic heterocycles. The average Bonchev–Trinajstić information content (AvgIpc) is 2.79. The highest BCUT2D eigenvalue weighted by Gasteiger charge is 2.12. The molecule has 0 saturated carbocycles. The number of carbonyl (C=O) groups is 2. The van der Waals surface area contributed by atoms with Gasteiger partial charge in [-0.15, -0.1) is 0 Å². The van der Waals surface area contributed by atoms with Gasteiger partial charge in [0.15, 0.2) is 0 Å². The summed E-state index contributed by atoms with van der Waals surface area (Å²) in [5, 5.41) is 9.03. The van der Waals surface area contributed by atoms with Gasteiger partial charge in [0.05, 0.1) is 6.54 Å². The third-order valence-electron chi connectivity index (χ3n) is 2.88. The molecule has 2 N–H and O–H groups in total. The molecule has 2 rings (SSSR count). The lowest BCUT2D eigenvalue weighted by Gasteiger charge is -2.05. The van der Waals surface area contributed by atoms with Gasteiger partial charge in [0.1, 0.15) is 11.5 Å². The van der Waals surface area contributed by atoms with E-state index in [1.54, 1.807) is 17.8 Å². The van der Waals surface area contributed by atoms with E-state index in [9.17, 15) is 14.0 Å². The van der Waals surface area contributed by atoms with E-state index < -0.39 is 11.8 Å². The van der Waals surface area contributed by atoms with Gasteiger partial charge in [0.2, 0.25) is 5.91 Å². The topological polar surface area (TPSA) is 76.0 Å². The molecule has 21 heavy (non-hydrogen) atoms. The van der Waals surface area contributed by atoms with Gasteiger partial charge in [-0.1, -0.05) is 0 Å². The average molecular weight is 290 g/mol. The number of benzene rings is 1. The van der Waals surface area contributed by atoms with Crippen LogP contribution in [0.25, 0.3) is 0 Å². The van der Waals surface area contributed by atoms with E-state index in [-0.39, 0.29) is 18.1 Å². The second kappa shape index (κ2) is 6.17. The quantitative estimate of drug-likeness (QED) is 0.889. The Hall–Kier alpha value is -2.70. The second-order valence-electron chi connectivity index (χ2n) is 4.53. The van der Waals surface area contributed by atoms with Crippen molar-refractivity contribution in [2.45, 2.75) is 6.92 Å². The van der Waals surface area contributed by atoms with Crippen LogP contribution in [0.2, 0.25) is 0 Å². The first kappa shape index (κ1) is 14.7. The lowest BCUT2D eigenvalue weighted by Crippen LogP contribution is -2.33. The van der Waals surface area contributed by atoms with Crippen molar-refractivity contribution in [2.24, 2.45) is 7.05 Å². The van der Waals surface area contributed by atoms with Crippen LogP contribution < -0.4 is 10.6 Å². The SMILES string of the molecule is Cc1cc(C(=O)NCC(=O)Nc2ccc(F)cc2)nn1C. The van der Waals surface area contributed by atoms with Crippen molar-refractivity contribution < 1.29 is 14.0 Å². The summed E-state index contributed by atoms with van der Waals surface area (Å²) in [5.74, 6) is -1.21. The molecule has 6 nitrogen and oxygen atoms in total. The molecule has 1 aromatic carbocycles. The molecule has 0 aliphatic heterocycles. The smallest absolute Gasteiger partial charge is 0.272 e. The zero-order chi connectivity index (χ0) is 15.4. The van der Waals surface area contributed by atoms with Crippen LogP contribution in [0.15, 0.2) is 30.3 Å². The largest absolute Gasteiger partial charge is 0.342 e. The lowest BCUT2D eigenvalue weighted by atomic mass is 10.3. The van der Waals surface area contributed by atoms with Crippen molar-refractivity contribution in [3.05, 3.63) is 47.5 Å². The van der Waals surface area contributed by atoms with Gasteiger partial charge in [-0.05, 0) is 37.3 Å². The summed E-state index contributed by atoms with van der Waals surface area (Å²) >= 11 is 0. The molecule has 2 amide bonds. The standard InChI is InChI=1S/C14H15FN4O2/c1-9-7-12(18-19(9)2)14(21)16-8-13(20)17-11-5-3-10(15)4-6-11/h3-7H,8H2,1-2H3,(H,16,21)(H,17,20). The zero-order valence-electron chi connectivity index (χ0n) is 11.7. The van der Waals surface area contributed by atoms with Gasteiger partial charge in [0.25, 0.3) is 5.91 Å². The summed E-state index contributed by atoms with van der Waals surface area (Å²) in [6, 6.07) is 7.00. The molecule has 110 valence electrons. The van der Waals surface area contributed by atoms with E-state index in [1.165, 1.54) is 24.3 Å². The minimum Gasteiger partial charge on any atom is -0.342 e. The third-order valence-corrected chi connectivity index (χ3v) is 2.88. The molecule has 0 atom stereocenters. The van der Waals surface area contributed by atoms with Crippen molar-refractivity contribution in [1.82, 2.24) is 15.1 Å². The number of halogens is 1. The minimum absolute atomic E-state index is 0.189. The van der Waals surface area contributed by atoms with E-state index in [4.69, 9.17) is 0 Å². The first-order chi connectivity index (χ1) is 9.95. The molecule has 0 bridgehead atoms. The van der Waals surface area contributed by atoms with Crippen molar-refractivity contribution in [2.75, 3.05) is 11.9 Å². The molecular weight excluding hydrogens is 275 g/mol. The molecule has 0 aliphatic rings. The van der Waals surface area contributed by atoms with Crippen LogP contribution in [0, 0.1) is 12.7 Å². The van der Waals surface area contributed by atoms with E-state index in [2.05, 4.69) is 15.7 Å². The van der Waals surface area contributed by atoms with Gasteiger partial charge in [0, 0.05) is 18.4 Å². The number of aromatic nitrogens is 2. The molecule has 0 unspecified atom stereocenters. The van der Waals surface area contributed by atoms with Crippen LogP contribution in [0.4, 0.5) is 10.1 Å². The Morgan fingerprint density at radius 3 is 2.52 bits per heavy atom. The maximum absolute atomic E-state index is 12.7. The Kier molecular flexibility index (Phi) is 4.32. The number of anilines is 1. The molecular formula is C14H15FN4O2. The molecule has 0 spiro atoms. The molecule has 0 fully saturated rings. The van der Waals surface area contributed by atoms with E-state index in [0.717, 1.165) is 5.69 Å². The molecule has 7 heteroatoms. The summed E-state index contributed by atoms with van der Waals surface area (Å²) < 4.78 is 14.3. The maximum Gasteiger partial charge on any atom is 0.272 e. The first-order valence-corrected chi connectivity index (χ1v) is 6.30. The van der Waals surface area contributed by atoms with Gasteiger partial charge in [-0.3, -0.25) is 14.3 Å². The molecule has 0 radical (unpaired) electrons. The first-order valence-electron chi connectivity index (χ1n) is 6.30. The second-order valence-corrected chi connectivity index (χ2v) is 4.53. The van der Waals surface area contributed by atoms with E-state index in [0.29, 0.717) is 5.69 Å². The Labute approximate surface area is 121 Å². The van der Waals surface area contributed by atoms with E-state index >= 15 is 0 Å². The highest BCUT2D eigenvalue weighted by molar-refractivity contribution is 5.98. The van der Waals surface area contributed by atoms with Crippen LogP contribution in [-0.4, -0.2) is 28.1 Å². The number of nitrogens with zero attached hydrogens (tertiary/aromatic N) is 2. The zero-order valence-corrected chi connectivity index (χ0v) is 11.7. The Bertz CT molecular complexity index is 645. The van der Waals surface area contributed by atoms with Gasteiger partial charge >= 0.3 is 0 Å². The van der Waals surface area contributed by atoms with Crippen LogP contribution in [0.1, 0.15) is 16.2 Å². The third kappa shape index (κ3) is 3.88. The molecule has 0 saturated heterocycles. The summed E-state index contributed by atoms with van der Waals surface area (Å²) in [6.07, 6.45) is 0. The number of amides is 2. The van der Waals surface area contributed by atoms with Crippen LogP contribution in [0.3, 0.4) is 0 Å². The van der Waals surface area contributed by atoms with Gasteiger partial charge in [-0.25, -0.2) is 4.39 Å². The van der Waals surface area contributed by atoms with Gasteiger partial charge in [-0.2, -0.15) is 5.10 Å². The molecule has 2 aromatic rings. The van der Waals surface area contributed by atoms with Crippen molar-refractivity contribution in [1.29, 1.82) is 0 Å². The lowest BCUT2D eigenvalue weighted by molar-refractivity contribution is -0.115. The Morgan fingerprint density at radius 1 is 1.29 bits per heavy atom. The Morgan fingerprint density at radius 2 is 1.95 bits per heavy atom. The summed E-state index contributed by atoms with van der Waals surface area (Å²) in [6.45, 7) is 1.64.